The Kier molecular flexibility index (Phi) is 6.97. The maximum atomic E-state index is 11.3. The summed E-state index contributed by atoms with van der Waals surface area (Å²) >= 11 is 0. The summed E-state index contributed by atoms with van der Waals surface area (Å²) in [5, 5.41) is 20.8. The maximum Gasteiger partial charge on any atom is 0.115 e. The molecule has 0 bridgehead atoms. The highest BCUT2D eigenvalue weighted by Gasteiger charge is 2.50. The van der Waals surface area contributed by atoms with Crippen LogP contribution < -0.4 is 0 Å². The smallest absolute Gasteiger partial charge is 0.115 e. The van der Waals surface area contributed by atoms with Gasteiger partial charge in [0.05, 0.1) is 17.1 Å². The summed E-state index contributed by atoms with van der Waals surface area (Å²) in [7, 11) is 1.63. The molecule has 0 spiro atoms. The van der Waals surface area contributed by atoms with Crippen LogP contribution >= 0.6 is 0 Å². The number of rotatable bonds is 8. The lowest BCUT2D eigenvalue weighted by molar-refractivity contribution is -0.0922. The average Bonchev–Trinajstić information content (AvgIpc) is 2.61. The minimum absolute atomic E-state index is 0.188. The number of aliphatic hydroxyl groups excluding tert-OH is 1. The number of ether oxygens (including phenoxy) is 1. The van der Waals surface area contributed by atoms with Crippen LogP contribution in [0.1, 0.15) is 33.3 Å². The van der Waals surface area contributed by atoms with E-state index in [9.17, 15) is 10.2 Å². The SMILES string of the molecule is C=C/C=C\C(=C/C)C(O)C(C)(C(=C)c1ccc(O)cc1)C(C)(C)OC. The molecule has 25 heavy (non-hydrogen) atoms. The third-order valence-corrected chi connectivity index (χ3v) is 5.22. The van der Waals surface area contributed by atoms with Crippen LogP contribution in [-0.4, -0.2) is 29.0 Å². The Bertz CT molecular complexity index is 665. The minimum atomic E-state index is -0.843. The first-order valence-corrected chi connectivity index (χ1v) is 8.33. The average molecular weight is 342 g/mol. The van der Waals surface area contributed by atoms with Crippen molar-refractivity contribution >= 4 is 5.57 Å². The fourth-order valence-electron chi connectivity index (χ4n) is 2.89. The number of allylic oxidation sites excluding steroid dienone is 3. The van der Waals surface area contributed by atoms with E-state index in [1.807, 2.05) is 39.8 Å². The third kappa shape index (κ3) is 4.12. The summed E-state index contributed by atoms with van der Waals surface area (Å²) in [6.45, 7) is 15.7. The summed E-state index contributed by atoms with van der Waals surface area (Å²) in [6, 6.07) is 6.81. The molecule has 0 aliphatic rings. The topological polar surface area (TPSA) is 49.7 Å². The molecule has 0 saturated heterocycles. The summed E-state index contributed by atoms with van der Waals surface area (Å²) < 4.78 is 5.75. The van der Waals surface area contributed by atoms with Crippen molar-refractivity contribution in [2.45, 2.75) is 39.4 Å². The number of phenolic OH excluding ortho intramolecular Hbond substituents is 1. The molecule has 0 amide bonds. The van der Waals surface area contributed by atoms with Gasteiger partial charge in [-0.3, -0.25) is 0 Å². The van der Waals surface area contributed by atoms with E-state index >= 15 is 0 Å². The summed E-state index contributed by atoms with van der Waals surface area (Å²) in [5.41, 5.74) is 0.822. The number of aromatic hydroxyl groups is 1. The van der Waals surface area contributed by atoms with Gasteiger partial charge in [0.2, 0.25) is 0 Å². The molecule has 136 valence electrons. The third-order valence-electron chi connectivity index (χ3n) is 5.22. The Morgan fingerprint density at radius 1 is 1.20 bits per heavy atom. The lowest BCUT2D eigenvalue weighted by atomic mass is 9.63. The zero-order chi connectivity index (χ0) is 19.3. The van der Waals surface area contributed by atoms with Gasteiger partial charge in [0.15, 0.2) is 0 Å². The molecule has 0 aliphatic carbocycles. The fourth-order valence-corrected chi connectivity index (χ4v) is 2.89. The molecule has 2 N–H and O–H groups in total. The molecule has 1 aromatic carbocycles. The molecule has 0 radical (unpaired) electrons. The van der Waals surface area contributed by atoms with Crippen molar-refractivity contribution in [3.8, 4) is 5.75 Å². The van der Waals surface area contributed by atoms with Gasteiger partial charge in [-0.25, -0.2) is 0 Å². The highest BCUT2D eigenvalue weighted by atomic mass is 16.5. The second-order valence-electron chi connectivity index (χ2n) is 6.73. The van der Waals surface area contributed by atoms with Crippen LogP contribution in [-0.2, 0) is 4.74 Å². The van der Waals surface area contributed by atoms with Gasteiger partial charge >= 0.3 is 0 Å². The van der Waals surface area contributed by atoms with E-state index in [2.05, 4.69) is 13.2 Å². The normalized spacial score (nSPS) is 16.5. The van der Waals surface area contributed by atoms with Gasteiger partial charge < -0.3 is 14.9 Å². The molecular formula is C22H30O3. The number of methoxy groups -OCH3 is 1. The van der Waals surface area contributed by atoms with Gasteiger partial charge in [-0.2, -0.15) is 0 Å². The van der Waals surface area contributed by atoms with Crippen molar-refractivity contribution in [1.29, 1.82) is 0 Å². The molecule has 2 atom stereocenters. The highest BCUT2D eigenvalue weighted by molar-refractivity contribution is 5.71. The van der Waals surface area contributed by atoms with Gasteiger partial charge in [0.25, 0.3) is 0 Å². The number of benzene rings is 1. The van der Waals surface area contributed by atoms with Gasteiger partial charge in [-0.15, -0.1) is 0 Å². The Morgan fingerprint density at radius 3 is 2.20 bits per heavy atom. The van der Waals surface area contributed by atoms with Crippen molar-refractivity contribution in [3.05, 3.63) is 72.9 Å². The van der Waals surface area contributed by atoms with E-state index in [-0.39, 0.29) is 5.75 Å². The van der Waals surface area contributed by atoms with Gasteiger partial charge in [-0.05, 0) is 56.5 Å². The second-order valence-corrected chi connectivity index (χ2v) is 6.73. The Hall–Kier alpha value is -2.10. The molecule has 0 fully saturated rings. The minimum Gasteiger partial charge on any atom is -0.508 e. The second kappa shape index (κ2) is 8.32. The van der Waals surface area contributed by atoms with Crippen LogP contribution in [0.15, 0.2) is 67.3 Å². The molecule has 0 heterocycles. The van der Waals surface area contributed by atoms with Crippen molar-refractivity contribution in [1.82, 2.24) is 0 Å². The van der Waals surface area contributed by atoms with Crippen LogP contribution in [0, 0.1) is 5.41 Å². The van der Waals surface area contributed by atoms with E-state index in [0.29, 0.717) is 0 Å². The predicted molar refractivity (Wildman–Crippen MR) is 105 cm³/mol. The molecular weight excluding hydrogens is 312 g/mol. The monoisotopic (exact) mass is 342 g/mol. The van der Waals surface area contributed by atoms with E-state index < -0.39 is 17.1 Å². The standard InChI is InChI=1S/C22H30O3/c1-8-10-11-17(9-2)20(24)22(6,21(4,5)25-7)16(3)18-12-14-19(23)15-13-18/h8-15,20,23-24H,1,3H2,2,4-7H3/b11-10-,17-9+. The lowest BCUT2D eigenvalue weighted by Gasteiger charge is -2.48. The number of hydrogen-bond acceptors (Lipinski definition) is 3. The summed E-state index contributed by atoms with van der Waals surface area (Å²) in [5.74, 6) is 0.188. The van der Waals surface area contributed by atoms with Crippen molar-refractivity contribution in [2.75, 3.05) is 7.11 Å². The molecule has 0 aliphatic heterocycles. The van der Waals surface area contributed by atoms with Crippen molar-refractivity contribution in [2.24, 2.45) is 5.41 Å². The van der Waals surface area contributed by atoms with E-state index in [1.54, 1.807) is 43.5 Å². The first-order valence-electron chi connectivity index (χ1n) is 8.33. The van der Waals surface area contributed by atoms with Crippen molar-refractivity contribution in [3.63, 3.8) is 0 Å². The van der Waals surface area contributed by atoms with Crippen LogP contribution in [0.25, 0.3) is 5.57 Å². The van der Waals surface area contributed by atoms with E-state index in [1.165, 1.54) is 0 Å². The molecule has 3 nitrogen and oxygen atoms in total. The van der Waals surface area contributed by atoms with Crippen LogP contribution in [0.2, 0.25) is 0 Å². The van der Waals surface area contributed by atoms with E-state index in [4.69, 9.17) is 4.74 Å². The number of hydrogen-bond donors (Lipinski definition) is 2. The molecule has 1 rings (SSSR count). The van der Waals surface area contributed by atoms with Gasteiger partial charge in [-0.1, -0.05) is 49.6 Å². The predicted octanol–water partition coefficient (Wildman–Crippen LogP) is 4.89. The molecule has 2 unspecified atom stereocenters. The summed E-state index contributed by atoms with van der Waals surface area (Å²) in [4.78, 5) is 0. The lowest BCUT2D eigenvalue weighted by Crippen LogP contribution is -2.52. The number of aliphatic hydroxyl groups is 1. The first kappa shape index (κ1) is 20.9. The summed E-state index contributed by atoms with van der Waals surface area (Å²) in [6.07, 6.45) is 6.33. The Labute approximate surface area is 151 Å². The molecule has 1 aromatic rings. The highest BCUT2D eigenvalue weighted by Crippen LogP contribution is 2.49. The Morgan fingerprint density at radius 2 is 1.76 bits per heavy atom. The maximum absolute atomic E-state index is 11.3. The van der Waals surface area contributed by atoms with Crippen molar-refractivity contribution < 1.29 is 14.9 Å². The van der Waals surface area contributed by atoms with Crippen LogP contribution in [0.5, 0.6) is 5.75 Å². The van der Waals surface area contributed by atoms with Gasteiger partial charge in [0.1, 0.15) is 5.75 Å². The van der Waals surface area contributed by atoms with Crippen LogP contribution in [0.4, 0.5) is 0 Å². The Balaban J connectivity index is 3.50. The number of phenols is 1. The first-order chi connectivity index (χ1) is 11.7. The molecule has 3 heteroatoms. The zero-order valence-electron chi connectivity index (χ0n) is 15.9. The fraction of sp³-hybridized carbons (Fsp3) is 0.364. The zero-order valence-corrected chi connectivity index (χ0v) is 15.9. The quantitative estimate of drug-likeness (QED) is 0.662. The van der Waals surface area contributed by atoms with E-state index in [0.717, 1.165) is 16.7 Å². The molecule has 0 saturated carbocycles. The molecule has 0 aromatic heterocycles. The largest absolute Gasteiger partial charge is 0.508 e. The van der Waals surface area contributed by atoms with Gasteiger partial charge in [0, 0.05) is 7.11 Å². The van der Waals surface area contributed by atoms with Crippen LogP contribution in [0.3, 0.4) is 0 Å².